The number of methoxy groups -OCH3 is 1. The van der Waals surface area contributed by atoms with E-state index in [-0.39, 0.29) is 29.7 Å². The molecule has 0 saturated heterocycles. The van der Waals surface area contributed by atoms with Crippen molar-refractivity contribution in [3.8, 4) is 6.07 Å². The Kier molecular flexibility index (Phi) is 4.97. The van der Waals surface area contributed by atoms with Gasteiger partial charge < -0.3 is 9.64 Å². The van der Waals surface area contributed by atoms with E-state index in [1.807, 2.05) is 6.07 Å². The summed E-state index contributed by atoms with van der Waals surface area (Å²) in [4.78, 5) is 27.3. The van der Waals surface area contributed by atoms with Crippen LogP contribution in [0.2, 0.25) is 0 Å². The number of esters is 1. The second kappa shape index (κ2) is 6.47. The van der Waals surface area contributed by atoms with Crippen LogP contribution in [0.1, 0.15) is 23.8 Å². The van der Waals surface area contributed by atoms with Crippen molar-refractivity contribution in [2.75, 3.05) is 19.1 Å². The number of hydrogen-bond acceptors (Lipinski definition) is 7. The summed E-state index contributed by atoms with van der Waals surface area (Å²) in [6, 6.07) is 4.14. The third-order valence-electron chi connectivity index (χ3n) is 2.83. The first-order valence-corrected chi connectivity index (χ1v) is 5.75. The zero-order chi connectivity index (χ0) is 15.3. The Morgan fingerprint density at radius 1 is 1.65 bits per heavy atom. The Balaban J connectivity index is 3.29. The van der Waals surface area contributed by atoms with E-state index in [9.17, 15) is 14.9 Å². The maximum absolute atomic E-state index is 11.4. The van der Waals surface area contributed by atoms with Crippen LogP contribution in [0.4, 0.5) is 11.5 Å². The molecule has 0 aliphatic carbocycles. The maximum Gasteiger partial charge on any atom is 0.356 e. The number of hydrogen-bond donors (Lipinski definition) is 0. The molecule has 20 heavy (non-hydrogen) atoms. The molecule has 0 radical (unpaired) electrons. The van der Waals surface area contributed by atoms with Crippen LogP contribution in [-0.2, 0) is 4.74 Å². The van der Waals surface area contributed by atoms with E-state index in [4.69, 9.17) is 5.26 Å². The van der Waals surface area contributed by atoms with E-state index < -0.39 is 10.9 Å². The van der Waals surface area contributed by atoms with Crippen LogP contribution < -0.4 is 4.90 Å². The van der Waals surface area contributed by atoms with E-state index in [1.54, 1.807) is 14.0 Å². The van der Waals surface area contributed by atoms with Crippen molar-refractivity contribution in [2.24, 2.45) is 0 Å². The number of pyridine rings is 1. The molecule has 8 nitrogen and oxygen atoms in total. The minimum absolute atomic E-state index is 0.0240. The van der Waals surface area contributed by atoms with E-state index in [1.165, 1.54) is 24.1 Å². The van der Waals surface area contributed by atoms with Gasteiger partial charge >= 0.3 is 11.7 Å². The van der Waals surface area contributed by atoms with Crippen molar-refractivity contribution in [1.82, 2.24) is 4.98 Å². The number of ether oxygens (including phenoxy) is 1. The lowest BCUT2D eigenvalue weighted by molar-refractivity contribution is -0.384. The third kappa shape index (κ3) is 3.20. The van der Waals surface area contributed by atoms with E-state index >= 15 is 0 Å². The number of anilines is 1. The molecule has 0 aromatic carbocycles. The zero-order valence-electron chi connectivity index (χ0n) is 11.4. The lowest BCUT2D eigenvalue weighted by atomic mass is 10.2. The molecule has 1 heterocycles. The van der Waals surface area contributed by atoms with Gasteiger partial charge in [-0.25, -0.2) is 9.78 Å². The second-order valence-electron chi connectivity index (χ2n) is 4.11. The predicted molar refractivity (Wildman–Crippen MR) is 70.3 cm³/mol. The highest BCUT2D eigenvalue weighted by Crippen LogP contribution is 2.27. The van der Waals surface area contributed by atoms with Gasteiger partial charge in [0.05, 0.1) is 24.5 Å². The number of aromatic nitrogens is 1. The van der Waals surface area contributed by atoms with Crippen molar-refractivity contribution in [3.05, 3.63) is 27.9 Å². The van der Waals surface area contributed by atoms with Crippen LogP contribution in [-0.4, -0.2) is 36.1 Å². The van der Waals surface area contributed by atoms with Crippen molar-refractivity contribution >= 4 is 17.5 Å². The molecule has 0 aliphatic rings. The van der Waals surface area contributed by atoms with Gasteiger partial charge in [0.15, 0.2) is 5.69 Å². The van der Waals surface area contributed by atoms with Crippen LogP contribution in [0.5, 0.6) is 0 Å². The average Bonchev–Trinajstić information content (AvgIpc) is 2.45. The highest BCUT2D eigenvalue weighted by molar-refractivity contribution is 5.88. The standard InChI is InChI=1S/C12H14N4O4/c1-8(6-7-13)15(2)11-10(16(18)19)5-4-9(14-11)12(17)20-3/h4-5,8H,6H2,1-3H3. The minimum atomic E-state index is -0.678. The summed E-state index contributed by atoms with van der Waals surface area (Å²) in [6.45, 7) is 1.74. The molecule has 0 amide bonds. The van der Waals surface area contributed by atoms with Gasteiger partial charge in [-0.15, -0.1) is 0 Å². The first kappa shape index (κ1) is 15.4. The van der Waals surface area contributed by atoms with E-state index in [0.29, 0.717) is 0 Å². The molecular weight excluding hydrogens is 264 g/mol. The largest absolute Gasteiger partial charge is 0.464 e. The van der Waals surface area contributed by atoms with Gasteiger partial charge in [0, 0.05) is 19.2 Å². The molecule has 0 saturated carbocycles. The van der Waals surface area contributed by atoms with Crippen LogP contribution in [0.15, 0.2) is 12.1 Å². The van der Waals surface area contributed by atoms with Crippen molar-refractivity contribution in [2.45, 2.75) is 19.4 Å². The SMILES string of the molecule is COC(=O)c1ccc([N+](=O)[O-])c(N(C)C(C)CC#N)n1. The molecule has 0 bridgehead atoms. The fraction of sp³-hybridized carbons (Fsp3) is 0.417. The van der Waals surface area contributed by atoms with Crippen LogP contribution in [0.3, 0.4) is 0 Å². The fourth-order valence-electron chi connectivity index (χ4n) is 1.54. The van der Waals surface area contributed by atoms with Gasteiger partial charge in [0.1, 0.15) is 0 Å². The van der Waals surface area contributed by atoms with Gasteiger partial charge in [0.25, 0.3) is 0 Å². The molecule has 8 heteroatoms. The Bertz CT molecular complexity index is 567. The summed E-state index contributed by atoms with van der Waals surface area (Å²) < 4.78 is 4.54. The molecule has 0 N–H and O–H groups in total. The van der Waals surface area contributed by atoms with Crippen molar-refractivity contribution < 1.29 is 14.5 Å². The van der Waals surface area contributed by atoms with Gasteiger partial charge in [-0.2, -0.15) is 5.26 Å². The quantitative estimate of drug-likeness (QED) is 0.456. The first-order chi connectivity index (χ1) is 9.42. The smallest absolute Gasteiger partial charge is 0.356 e. The van der Waals surface area contributed by atoms with E-state index in [0.717, 1.165) is 0 Å². The van der Waals surface area contributed by atoms with Crippen LogP contribution in [0, 0.1) is 21.4 Å². The number of nitro groups is 1. The molecule has 0 spiro atoms. The second-order valence-corrected chi connectivity index (χ2v) is 4.11. The van der Waals surface area contributed by atoms with Crippen LogP contribution >= 0.6 is 0 Å². The molecular formula is C12H14N4O4. The minimum Gasteiger partial charge on any atom is -0.464 e. The van der Waals surface area contributed by atoms with Crippen LogP contribution in [0.25, 0.3) is 0 Å². The number of rotatable bonds is 5. The number of nitriles is 1. The monoisotopic (exact) mass is 278 g/mol. The predicted octanol–water partition coefficient (Wildman–Crippen LogP) is 1.51. The highest BCUT2D eigenvalue weighted by Gasteiger charge is 2.24. The third-order valence-corrected chi connectivity index (χ3v) is 2.83. The normalized spacial score (nSPS) is 11.3. The number of nitrogens with zero attached hydrogens (tertiary/aromatic N) is 4. The lowest BCUT2D eigenvalue weighted by Crippen LogP contribution is -2.30. The van der Waals surface area contributed by atoms with E-state index in [2.05, 4.69) is 9.72 Å². The highest BCUT2D eigenvalue weighted by atomic mass is 16.6. The van der Waals surface area contributed by atoms with Gasteiger partial charge in [-0.05, 0) is 13.0 Å². The Morgan fingerprint density at radius 3 is 2.80 bits per heavy atom. The molecule has 1 rings (SSSR count). The Morgan fingerprint density at radius 2 is 2.30 bits per heavy atom. The van der Waals surface area contributed by atoms with Gasteiger partial charge in [-0.3, -0.25) is 10.1 Å². The summed E-state index contributed by atoms with van der Waals surface area (Å²) >= 11 is 0. The number of carbonyl (C=O) groups excluding carboxylic acids is 1. The topological polar surface area (TPSA) is 109 Å². The molecule has 1 aromatic rings. The lowest BCUT2D eigenvalue weighted by Gasteiger charge is -2.23. The average molecular weight is 278 g/mol. The summed E-state index contributed by atoms with van der Waals surface area (Å²) in [5.41, 5.74) is -0.256. The van der Waals surface area contributed by atoms with Gasteiger partial charge in [0.2, 0.25) is 5.82 Å². The van der Waals surface area contributed by atoms with Crippen molar-refractivity contribution in [3.63, 3.8) is 0 Å². The molecule has 0 aliphatic heterocycles. The molecule has 0 fully saturated rings. The number of carbonyl (C=O) groups is 1. The molecule has 1 aromatic heterocycles. The van der Waals surface area contributed by atoms with Crippen molar-refractivity contribution in [1.29, 1.82) is 5.26 Å². The first-order valence-electron chi connectivity index (χ1n) is 5.75. The summed E-state index contributed by atoms with van der Waals surface area (Å²) in [5, 5.41) is 19.7. The zero-order valence-corrected chi connectivity index (χ0v) is 11.4. The summed E-state index contributed by atoms with van der Waals surface area (Å²) in [6.07, 6.45) is 0.178. The Hall–Kier alpha value is -2.69. The summed E-state index contributed by atoms with van der Waals surface area (Å²) in [5.74, 6) is -0.650. The maximum atomic E-state index is 11.4. The molecule has 1 unspecified atom stereocenters. The Labute approximate surface area is 115 Å². The summed E-state index contributed by atoms with van der Waals surface area (Å²) in [7, 11) is 2.78. The fourth-order valence-corrected chi connectivity index (χ4v) is 1.54. The molecule has 1 atom stereocenters. The van der Waals surface area contributed by atoms with Gasteiger partial charge in [-0.1, -0.05) is 0 Å². The molecule has 106 valence electrons.